The molecule has 0 aliphatic heterocycles. The second-order valence-electron chi connectivity index (χ2n) is 12.3. The topological polar surface area (TPSA) is 0 Å². The van der Waals surface area contributed by atoms with Gasteiger partial charge in [-0.15, -0.1) is 0 Å². The maximum atomic E-state index is 2.26. The minimum Gasteiger partial charge on any atom is -1.00 e. The summed E-state index contributed by atoms with van der Waals surface area (Å²) in [6.45, 7) is 8.83. The summed E-state index contributed by atoms with van der Waals surface area (Å²) in [6, 6.07) is 26.8. The van der Waals surface area contributed by atoms with E-state index in [1.165, 1.54) is 103 Å². The van der Waals surface area contributed by atoms with Crippen molar-refractivity contribution in [3.63, 3.8) is 0 Å². The Bertz CT molecular complexity index is 950. The summed E-state index contributed by atoms with van der Waals surface area (Å²) < 4.78 is 0. The van der Waals surface area contributed by atoms with Gasteiger partial charge in [0, 0.05) is 19.0 Å². The third-order valence-corrected chi connectivity index (χ3v) is 8.60. The number of aryl methyl sites for hydroxylation is 8. The second-order valence-corrected chi connectivity index (χ2v) is 14.6. The largest absolute Gasteiger partial charge is 3.00 e. The minimum atomic E-state index is 0. The third kappa shape index (κ3) is 17.7. The number of rotatable bonds is 0. The molecule has 4 aliphatic rings. The molecule has 4 radical (unpaired) electrons. The van der Waals surface area contributed by atoms with E-state index in [9.17, 15) is 0 Å². The predicted molar refractivity (Wildman–Crippen MR) is 192 cm³/mol. The predicted octanol–water partition coefficient (Wildman–Crippen LogP) is 4.18. The van der Waals surface area contributed by atoms with Crippen LogP contribution in [0.4, 0.5) is 0 Å². The first-order chi connectivity index (χ1) is 20.7. The van der Waals surface area contributed by atoms with E-state index in [4.69, 9.17) is 0 Å². The summed E-state index contributed by atoms with van der Waals surface area (Å²) in [7, 11) is 1.50. The molecule has 0 unspecified atom stereocenters. The first-order valence-corrected chi connectivity index (χ1v) is 21.7. The van der Waals surface area contributed by atoms with Crippen LogP contribution in [0.3, 0.4) is 0 Å². The van der Waals surface area contributed by atoms with Crippen molar-refractivity contribution in [3.05, 3.63) is 117 Å². The van der Waals surface area contributed by atoms with Crippen LogP contribution in [0, 0.1) is 0 Å². The number of halogens is 2. The Kier molecular flexibility index (Phi) is 31.5. The van der Waals surface area contributed by atoms with Gasteiger partial charge in [-0.2, -0.15) is 93.0 Å². The van der Waals surface area contributed by atoms with Gasteiger partial charge in [0.25, 0.3) is 0 Å². The summed E-state index contributed by atoms with van der Waals surface area (Å²) in [6.07, 6.45) is 21.8. The number of hydrogen-bond donors (Lipinski definition) is 0. The third-order valence-electron chi connectivity index (χ3n) is 8.60. The van der Waals surface area contributed by atoms with Gasteiger partial charge in [-0.1, -0.05) is 129 Å². The second kappa shape index (κ2) is 30.0. The fourth-order valence-corrected chi connectivity index (χ4v) is 6.45. The van der Waals surface area contributed by atoms with Crippen LogP contribution in [0.2, 0.25) is 26.2 Å². The van der Waals surface area contributed by atoms with Gasteiger partial charge in [-0.25, -0.2) is 24.3 Å². The van der Waals surface area contributed by atoms with Crippen molar-refractivity contribution in [3.8, 4) is 0 Å². The van der Waals surface area contributed by atoms with Gasteiger partial charge in [-0.05, 0) is 0 Å². The van der Waals surface area contributed by atoms with E-state index in [0.717, 1.165) is 19.0 Å². The molecular formula is C40H58Cl2Si2Zr2. The van der Waals surface area contributed by atoms with E-state index in [1.807, 2.05) is 0 Å². The van der Waals surface area contributed by atoms with Crippen molar-refractivity contribution in [1.29, 1.82) is 0 Å². The zero-order chi connectivity index (χ0) is 29.8. The van der Waals surface area contributed by atoms with E-state index in [2.05, 4.69) is 99.0 Å². The van der Waals surface area contributed by atoms with E-state index >= 15 is 0 Å². The van der Waals surface area contributed by atoms with Gasteiger partial charge in [0.15, 0.2) is 0 Å². The molecule has 248 valence electrons. The van der Waals surface area contributed by atoms with Gasteiger partial charge in [-0.3, -0.25) is 0 Å². The molecule has 4 aromatic rings. The Labute approximate surface area is 339 Å². The Morgan fingerprint density at radius 1 is 0.370 bits per heavy atom. The SMILES string of the molecule is C[SiH]C.C[SiH]C.[Cl-].[Cl-].[Zr+3].[Zr+3].c1cc2c([cH-]1)CCCC2.c1cc2c([cH-]1)CCCC2.c1cc2c([cH-]1)CCCC2.c1cc2c([cH-]1)CCCC2. The molecule has 0 N–H and O–H groups in total. The molecule has 0 heterocycles. The standard InChI is InChI=1S/4C9H11.2C2H7Si.2ClH.2Zr/c4*1-2-5-9-7-3-6-8(9)4-1;2*1-3-2;;;;/h4*3,6-7H,1-2,4-5H2;2*3H,1-2H3;2*1H;;/q4*-1;;;;;2*+3/p-2. The number of hydrogen-bond acceptors (Lipinski definition) is 0. The van der Waals surface area contributed by atoms with Crippen LogP contribution in [0.15, 0.2) is 72.8 Å². The number of fused-ring (bicyclic) bond motifs is 4. The molecule has 0 nitrogen and oxygen atoms in total. The van der Waals surface area contributed by atoms with E-state index < -0.39 is 0 Å². The van der Waals surface area contributed by atoms with Crippen LogP contribution in [-0.2, 0) is 104 Å². The van der Waals surface area contributed by atoms with Crippen LogP contribution in [0.1, 0.15) is 95.9 Å². The fourth-order valence-electron chi connectivity index (χ4n) is 6.45. The molecule has 4 aromatic carbocycles. The molecular weight excluding hydrogens is 790 g/mol. The molecule has 0 atom stereocenters. The van der Waals surface area contributed by atoms with Gasteiger partial charge >= 0.3 is 52.4 Å². The molecule has 0 saturated carbocycles. The van der Waals surface area contributed by atoms with E-state index in [0.29, 0.717) is 0 Å². The first-order valence-electron chi connectivity index (χ1n) is 17.1. The summed E-state index contributed by atoms with van der Waals surface area (Å²) in [5, 5.41) is 0. The maximum Gasteiger partial charge on any atom is 3.00 e. The molecule has 6 heteroatoms. The summed E-state index contributed by atoms with van der Waals surface area (Å²) in [5.74, 6) is 0. The first kappa shape index (κ1) is 48.3. The molecule has 0 bridgehead atoms. The average Bonchev–Trinajstić information content (AvgIpc) is 3.85. The Morgan fingerprint density at radius 2 is 0.543 bits per heavy atom. The quantitative estimate of drug-likeness (QED) is 0.184. The molecule has 0 spiro atoms. The normalized spacial score (nSPS) is 14.3. The van der Waals surface area contributed by atoms with Crippen molar-refractivity contribution < 1.29 is 77.2 Å². The van der Waals surface area contributed by atoms with Gasteiger partial charge < -0.3 is 24.8 Å². The Balaban J connectivity index is 0. The van der Waals surface area contributed by atoms with Crippen LogP contribution < -0.4 is 24.8 Å². The smallest absolute Gasteiger partial charge is 1.00 e. The average molecular weight is 848 g/mol. The fraction of sp³-hybridized carbons (Fsp3) is 0.500. The molecule has 46 heavy (non-hydrogen) atoms. The van der Waals surface area contributed by atoms with Gasteiger partial charge in [0.2, 0.25) is 0 Å². The van der Waals surface area contributed by atoms with Crippen molar-refractivity contribution in [2.45, 2.75) is 129 Å². The molecule has 0 fully saturated rings. The van der Waals surface area contributed by atoms with Gasteiger partial charge in [0.1, 0.15) is 0 Å². The van der Waals surface area contributed by atoms with Gasteiger partial charge in [0.05, 0.1) is 0 Å². The monoisotopic (exact) mass is 844 g/mol. The van der Waals surface area contributed by atoms with E-state index in [1.54, 1.807) is 44.5 Å². The van der Waals surface area contributed by atoms with Crippen LogP contribution in [-0.4, -0.2) is 19.0 Å². The summed E-state index contributed by atoms with van der Waals surface area (Å²) >= 11 is 0. The van der Waals surface area contributed by atoms with Crippen molar-refractivity contribution >= 4 is 19.0 Å². The molecule has 4 aliphatic carbocycles. The molecule has 8 rings (SSSR count). The van der Waals surface area contributed by atoms with Crippen molar-refractivity contribution in [1.82, 2.24) is 0 Å². The van der Waals surface area contributed by atoms with Crippen LogP contribution in [0.25, 0.3) is 0 Å². The molecule has 0 amide bonds. The Hall–Kier alpha value is 0.180. The van der Waals surface area contributed by atoms with Crippen molar-refractivity contribution in [2.75, 3.05) is 0 Å². The van der Waals surface area contributed by atoms with Crippen LogP contribution in [0.5, 0.6) is 0 Å². The summed E-state index contributed by atoms with van der Waals surface area (Å²) in [4.78, 5) is 0. The minimum absolute atomic E-state index is 0. The Morgan fingerprint density at radius 3 is 0.717 bits per heavy atom. The maximum absolute atomic E-state index is 2.26. The van der Waals surface area contributed by atoms with Crippen LogP contribution >= 0.6 is 0 Å². The zero-order valence-corrected chi connectivity index (χ0v) is 37.9. The molecule has 0 aromatic heterocycles. The zero-order valence-electron chi connectivity index (χ0n) is 29.2. The van der Waals surface area contributed by atoms with E-state index in [-0.39, 0.29) is 77.2 Å². The molecule has 0 saturated heterocycles. The summed E-state index contributed by atoms with van der Waals surface area (Å²) in [5.41, 5.74) is 12.8. The van der Waals surface area contributed by atoms with Crippen molar-refractivity contribution in [2.24, 2.45) is 0 Å².